The number of para-hydroxylation sites is 1. The average molecular weight is 272 g/mol. The molecule has 1 atom stereocenters. The molecule has 0 radical (unpaired) electrons. The number of benzene rings is 1. The third-order valence-electron chi connectivity index (χ3n) is 3.48. The van der Waals surface area contributed by atoms with E-state index >= 15 is 0 Å². The topological polar surface area (TPSA) is 84.0 Å². The fourth-order valence-corrected chi connectivity index (χ4v) is 2.47. The molecule has 1 aliphatic heterocycles. The summed E-state index contributed by atoms with van der Waals surface area (Å²) in [4.78, 5) is 6.54. The third-order valence-corrected chi connectivity index (χ3v) is 3.48. The maximum atomic E-state index is 8.77. The zero-order valence-corrected chi connectivity index (χ0v) is 10.9. The molecule has 6 nitrogen and oxygen atoms in total. The van der Waals surface area contributed by atoms with Crippen LogP contribution >= 0.6 is 0 Å². The summed E-state index contributed by atoms with van der Waals surface area (Å²) in [5.41, 5.74) is 7.68. The lowest BCUT2D eigenvalue weighted by molar-refractivity contribution is 0.0808. The van der Waals surface area contributed by atoms with Gasteiger partial charge < -0.3 is 20.6 Å². The summed E-state index contributed by atoms with van der Waals surface area (Å²) >= 11 is 0. The van der Waals surface area contributed by atoms with Gasteiger partial charge in [0.15, 0.2) is 5.84 Å². The number of hydrogen-bond donors (Lipinski definition) is 2. The molecule has 20 heavy (non-hydrogen) atoms. The van der Waals surface area contributed by atoms with E-state index in [1.165, 1.54) is 0 Å². The zero-order chi connectivity index (χ0) is 13.9. The van der Waals surface area contributed by atoms with Crippen LogP contribution in [0.1, 0.15) is 0 Å². The molecular formula is C14H16N4O2. The normalized spacial score (nSPS) is 20.3. The Hall–Kier alpha value is -2.34. The Morgan fingerprint density at radius 3 is 3.10 bits per heavy atom. The van der Waals surface area contributed by atoms with E-state index in [9.17, 15) is 0 Å². The van der Waals surface area contributed by atoms with Crippen LogP contribution < -0.4 is 10.6 Å². The molecule has 3 N–H and O–H groups in total. The summed E-state index contributed by atoms with van der Waals surface area (Å²) in [6.07, 6.45) is 1.41. The average Bonchev–Trinajstić information content (AvgIpc) is 2.53. The molecule has 1 unspecified atom stereocenters. The zero-order valence-electron chi connectivity index (χ0n) is 10.9. The Morgan fingerprint density at radius 1 is 1.40 bits per heavy atom. The van der Waals surface area contributed by atoms with Crippen molar-refractivity contribution in [3.63, 3.8) is 0 Å². The number of anilines is 1. The molecule has 1 aliphatic rings. The maximum absolute atomic E-state index is 8.77. The van der Waals surface area contributed by atoms with E-state index in [4.69, 9.17) is 15.7 Å². The molecule has 1 aromatic heterocycles. The van der Waals surface area contributed by atoms with E-state index in [0.717, 1.165) is 23.1 Å². The lowest BCUT2D eigenvalue weighted by Gasteiger charge is -2.34. The van der Waals surface area contributed by atoms with Crippen molar-refractivity contribution in [1.82, 2.24) is 4.98 Å². The van der Waals surface area contributed by atoms with E-state index in [1.807, 2.05) is 30.3 Å². The summed E-state index contributed by atoms with van der Waals surface area (Å²) < 4.78 is 5.52. The van der Waals surface area contributed by atoms with Gasteiger partial charge in [-0.15, -0.1) is 0 Å². The van der Waals surface area contributed by atoms with Crippen LogP contribution in [-0.4, -0.2) is 41.8 Å². The molecule has 1 fully saturated rings. The number of nitrogens with zero attached hydrogens (tertiary/aromatic N) is 3. The second-order valence-electron chi connectivity index (χ2n) is 4.68. The lowest BCUT2D eigenvalue weighted by Crippen LogP contribution is -2.48. The van der Waals surface area contributed by atoms with E-state index in [-0.39, 0.29) is 11.9 Å². The number of aromatic nitrogens is 1. The largest absolute Gasteiger partial charge is 0.409 e. The summed E-state index contributed by atoms with van der Waals surface area (Å²) in [5.74, 6) is 0.105. The first-order chi connectivity index (χ1) is 9.79. The van der Waals surface area contributed by atoms with Crippen LogP contribution in [-0.2, 0) is 4.74 Å². The summed E-state index contributed by atoms with van der Waals surface area (Å²) in [6, 6.07) is 9.98. The van der Waals surface area contributed by atoms with Crippen molar-refractivity contribution < 1.29 is 9.94 Å². The Labute approximate surface area is 116 Å². The minimum atomic E-state index is -0.388. The number of oxime groups is 1. The van der Waals surface area contributed by atoms with Gasteiger partial charge in [-0.1, -0.05) is 23.4 Å². The fraction of sp³-hybridized carbons (Fsp3) is 0.286. The first kappa shape index (κ1) is 12.7. The van der Waals surface area contributed by atoms with Crippen LogP contribution in [0.15, 0.2) is 41.7 Å². The molecule has 0 bridgehead atoms. The monoisotopic (exact) mass is 272 g/mol. The Bertz CT molecular complexity index is 639. The molecule has 3 rings (SSSR count). The van der Waals surface area contributed by atoms with Crippen molar-refractivity contribution in [3.8, 4) is 0 Å². The van der Waals surface area contributed by atoms with Crippen LogP contribution in [0.25, 0.3) is 10.9 Å². The highest BCUT2D eigenvalue weighted by Gasteiger charge is 2.25. The van der Waals surface area contributed by atoms with Crippen LogP contribution in [0.3, 0.4) is 0 Å². The predicted octanol–water partition coefficient (Wildman–Crippen LogP) is 1.19. The molecule has 6 heteroatoms. The Kier molecular flexibility index (Phi) is 3.39. The summed E-state index contributed by atoms with van der Waals surface area (Å²) in [5, 5.41) is 12.9. The van der Waals surface area contributed by atoms with Gasteiger partial charge in [0, 0.05) is 23.8 Å². The first-order valence-electron chi connectivity index (χ1n) is 6.47. The van der Waals surface area contributed by atoms with E-state index in [1.54, 1.807) is 6.20 Å². The van der Waals surface area contributed by atoms with Crippen molar-refractivity contribution in [1.29, 1.82) is 0 Å². The lowest BCUT2D eigenvalue weighted by atomic mass is 10.1. The number of rotatable bonds is 2. The Morgan fingerprint density at radius 2 is 2.25 bits per heavy atom. The molecule has 104 valence electrons. The van der Waals surface area contributed by atoms with Crippen molar-refractivity contribution in [2.75, 3.05) is 24.6 Å². The maximum Gasteiger partial charge on any atom is 0.170 e. The van der Waals surface area contributed by atoms with E-state index < -0.39 is 0 Å². The number of amidine groups is 1. The van der Waals surface area contributed by atoms with E-state index in [0.29, 0.717) is 13.2 Å². The minimum absolute atomic E-state index is 0.105. The van der Waals surface area contributed by atoms with Crippen LogP contribution in [0.4, 0.5) is 5.69 Å². The number of pyridine rings is 1. The van der Waals surface area contributed by atoms with Gasteiger partial charge in [0.05, 0.1) is 18.7 Å². The van der Waals surface area contributed by atoms with Crippen molar-refractivity contribution in [2.45, 2.75) is 6.10 Å². The second-order valence-corrected chi connectivity index (χ2v) is 4.68. The van der Waals surface area contributed by atoms with Crippen molar-refractivity contribution in [3.05, 3.63) is 36.5 Å². The molecule has 2 aromatic rings. The molecule has 0 spiro atoms. The van der Waals surface area contributed by atoms with Gasteiger partial charge >= 0.3 is 0 Å². The predicted molar refractivity (Wildman–Crippen MR) is 77.1 cm³/mol. The minimum Gasteiger partial charge on any atom is -0.409 e. The highest BCUT2D eigenvalue weighted by atomic mass is 16.5. The summed E-state index contributed by atoms with van der Waals surface area (Å²) in [7, 11) is 0. The number of ether oxygens (including phenoxy) is 1. The highest BCUT2D eigenvalue weighted by molar-refractivity contribution is 5.92. The second kappa shape index (κ2) is 5.34. The van der Waals surface area contributed by atoms with Gasteiger partial charge in [-0.3, -0.25) is 4.98 Å². The Balaban J connectivity index is 1.95. The third kappa shape index (κ3) is 2.25. The molecule has 0 amide bonds. The van der Waals surface area contributed by atoms with Crippen LogP contribution in [0, 0.1) is 0 Å². The molecular weight excluding hydrogens is 256 g/mol. The standard InChI is InChI=1S/C14H16N4O2/c15-14(17-19)13-9-18(7-8-20-13)12-5-6-16-11-4-2-1-3-10(11)12/h1-6,13,19H,7-9H2,(H2,15,17). The van der Waals surface area contributed by atoms with E-state index in [2.05, 4.69) is 15.0 Å². The molecule has 0 aliphatic carbocycles. The highest BCUT2D eigenvalue weighted by Crippen LogP contribution is 2.26. The van der Waals surface area contributed by atoms with Crippen molar-refractivity contribution in [2.24, 2.45) is 10.9 Å². The van der Waals surface area contributed by atoms with Crippen molar-refractivity contribution >= 4 is 22.4 Å². The summed E-state index contributed by atoms with van der Waals surface area (Å²) in [6.45, 7) is 1.87. The number of hydrogen-bond acceptors (Lipinski definition) is 5. The van der Waals surface area contributed by atoms with Gasteiger partial charge in [-0.2, -0.15) is 0 Å². The van der Waals surface area contributed by atoms with Gasteiger partial charge in [0.1, 0.15) is 6.10 Å². The molecule has 1 saturated heterocycles. The molecule has 1 aromatic carbocycles. The number of nitrogens with two attached hydrogens (primary N) is 1. The smallest absolute Gasteiger partial charge is 0.170 e. The van der Waals surface area contributed by atoms with Crippen LogP contribution in [0.2, 0.25) is 0 Å². The quantitative estimate of drug-likeness (QED) is 0.371. The number of morpholine rings is 1. The molecule has 0 saturated carbocycles. The fourth-order valence-electron chi connectivity index (χ4n) is 2.47. The van der Waals surface area contributed by atoms with Gasteiger partial charge in [-0.25, -0.2) is 0 Å². The van der Waals surface area contributed by atoms with Gasteiger partial charge in [-0.05, 0) is 12.1 Å². The number of fused-ring (bicyclic) bond motifs is 1. The molecule has 2 heterocycles. The first-order valence-corrected chi connectivity index (χ1v) is 6.47. The van der Waals surface area contributed by atoms with Gasteiger partial charge in [0.2, 0.25) is 0 Å². The van der Waals surface area contributed by atoms with Gasteiger partial charge in [0.25, 0.3) is 0 Å². The van der Waals surface area contributed by atoms with Crippen LogP contribution in [0.5, 0.6) is 0 Å². The SMILES string of the molecule is NC(=NO)C1CN(c2ccnc3ccccc23)CCO1.